The summed E-state index contributed by atoms with van der Waals surface area (Å²) in [4.78, 5) is 4.14. The van der Waals surface area contributed by atoms with Gasteiger partial charge in [0.25, 0.3) is 0 Å². The van der Waals surface area contributed by atoms with Gasteiger partial charge in [-0.3, -0.25) is 0 Å². The maximum Gasteiger partial charge on any atom is 0.488 e. The highest BCUT2D eigenvalue weighted by Gasteiger charge is 2.13. The Labute approximate surface area is 94.3 Å². The van der Waals surface area contributed by atoms with Crippen LogP contribution in [0.2, 0.25) is 0 Å². The number of hydrogen-bond donors (Lipinski definition) is 2. The van der Waals surface area contributed by atoms with Gasteiger partial charge >= 0.3 is 7.12 Å². The van der Waals surface area contributed by atoms with Gasteiger partial charge in [-0.05, 0) is 37.0 Å². The van der Waals surface area contributed by atoms with Crippen molar-refractivity contribution in [3.8, 4) is 5.69 Å². The van der Waals surface area contributed by atoms with Crippen molar-refractivity contribution in [3.63, 3.8) is 0 Å². The maximum atomic E-state index is 9.11. The molecule has 2 rings (SSSR count). The number of nitrogens with zero attached hydrogens (tertiary/aromatic N) is 2. The smallest absolute Gasteiger partial charge is 0.423 e. The largest absolute Gasteiger partial charge is 0.488 e. The van der Waals surface area contributed by atoms with Gasteiger partial charge in [-0.2, -0.15) is 0 Å². The van der Waals surface area contributed by atoms with E-state index in [0.717, 1.165) is 16.9 Å². The molecular formula is C11H13BN2O2. The van der Waals surface area contributed by atoms with Crippen molar-refractivity contribution in [1.29, 1.82) is 0 Å². The monoisotopic (exact) mass is 216 g/mol. The van der Waals surface area contributed by atoms with Crippen molar-refractivity contribution in [2.24, 2.45) is 0 Å². The Morgan fingerprint density at radius 2 is 2.00 bits per heavy atom. The number of aromatic nitrogens is 2. The highest BCUT2D eigenvalue weighted by atomic mass is 16.4. The van der Waals surface area contributed by atoms with E-state index in [9.17, 15) is 0 Å². The highest BCUT2D eigenvalue weighted by Crippen LogP contribution is 2.09. The summed E-state index contributed by atoms with van der Waals surface area (Å²) in [5.41, 5.74) is 3.28. The lowest BCUT2D eigenvalue weighted by molar-refractivity contribution is 0.425. The summed E-state index contributed by atoms with van der Waals surface area (Å²) in [5.74, 6) is 0. The molecule has 0 radical (unpaired) electrons. The molecule has 0 spiro atoms. The summed E-state index contributed by atoms with van der Waals surface area (Å²) in [6.45, 7) is 3.78. The van der Waals surface area contributed by atoms with Crippen molar-refractivity contribution >= 4 is 12.6 Å². The standard InChI is InChI=1S/C11H13BN2O2/c1-8-5-10(3-4-11(8)12(15)16)14-6-9(2)13-7-14/h3-7,15-16H,1-2H3. The number of benzene rings is 1. The second-order valence-corrected chi connectivity index (χ2v) is 3.84. The number of imidazole rings is 1. The van der Waals surface area contributed by atoms with Crippen LogP contribution in [0.4, 0.5) is 0 Å². The fraction of sp³-hybridized carbons (Fsp3) is 0.182. The molecule has 0 bridgehead atoms. The molecule has 5 heteroatoms. The van der Waals surface area contributed by atoms with E-state index in [1.807, 2.05) is 36.7 Å². The molecule has 0 saturated carbocycles. The molecule has 82 valence electrons. The van der Waals surface area contributed by atoms with Gasteiger partial charge in [-0.15, -0.1) is 0 Å². The Hall–Kier alpha value is -1.59. The summed E-state index contributed by atoms with van der Waals surface area (Å²) >= 11 is 0. The van der Waals surface area contributed by atoms with E-state index in [0.29, 0.717) is 5.46 Å². The normalized spacial score (nSPS) is 10.5. The molecule has 4 nitrogen and oxygen atoms in total. The Balaban J connectivity index is 2.42. The molecule has 0 unspecified atom stereocenters. The van der Waals surface area contributed by atoms with Gasteiger partial charge in [-0.25, -0.2) is 4.98 Å². The molecule has 0 aliphatic carbocycles. The molecule has 0 fully saturated rings. The predicted molar refractivity (Wildman–Crippen MR) is 62.9 cm³/mol. The minimum absolute atomic E-state index is 0.528. The van der Waals surface area contributed by atoms with Gasteiger partial charge in [0.05, 0.1) is 12.0 Å². The van der Waals surface area contributed by atoms with Gasteiger partial charge in [0.1, 0.15) is 0 Å². The van der Waals surface area contributed by atoms with Crippen LogP contribution in [0.1, 0.15) is 11.3 Å². The molecule has 0 aliphatic heterocycles. The second-order valence-electron chi connectivity index (χ2n) is 3.84. The predicted octanol–water partition coefficient (Wildman–Crippen LogP) is 0.169. The fourth-order valence-corrected chi connectivity index (χ4v) is 1.67. The van der Waals surface area contributed by atoms with Crippen LogP contribution < -0.4 is 5.46 Å². The summed E-state index contributed by atoms with van der Waals surface area (Å²) in [7, 11) is -1.42. The third kappa shape index (κ3) is 2.00. The third-order valence-electron chi connectivity index (χ3n) is 2.54. The van der Waals surface area contributed by atoms with Crippen LogP contribution in [0.25, 0.3) is 5.69 Å². The minimum atomic E-state index is -1.42. The SMILES string of the molecule is Cc1cn(-c2ccc(B(O)O)c(C)c2)cn1. The zero-order valence-electron chi connectivity index (χ0n) is 9.25. The Morgan fingerprint density at radius 3 is 2.50 bits per heavy atom. The lowest BCUT2D eigenvalue weighted by atomic mass is 9.77. The first kappa shape index (κ1) is 10.9. The number of aryl methyl sites for hydroxylation is 2. The van der Waals surface area contributed by atoms with Crippen LogP contribution in [0, 0.1) is 13.8 Å². The van der Waals surface area contributed by atoms with Crippen LogP contribution in [0.3, 0.4) is 0 Å². The Morgan fingerprint density at radius 1 is 1.25 bits per heavy atom. The Bertz CT molecular complexity index is 508. The third-order valence-corrected chi connectivity index (χ3v) is 2.54. The molecule has 0 atom stereocenters. The topological polar surface area (TPSA) is 58.3 Å². The van der Waals surface area contributed by atoms with Crippen LogP contribution >= 0.6 is 0 Å². The highest BCUT2D eigenvalue weighted by molar-refractivity contribution is 6.59. The molecule has 2 N–H and O–H groups in total. The van der Waals surface area contributed by atoms with Gasteiger partial charge in [0.15, 0.2) is 0 Å². The first-order chi connectivity index (χ1) is 7.58. The summed E-state index contributed by atoms with van der Waals surface area (Å²) in [6.07, 6.45) is 3.66. The second kappa shape index (κ2) is 4.12. The van der Waals surface area contributed by atoms with Crippen LogP contribution in [-0.2, 0) is 0 Å². The molecule has 1 aromatic carbocycles. The van der Waals surface area contributed by atoms with Crippen LogP contribution in [0.15, 0.2) is 30.7 Å². The maximum absolute atomic E-state index is 9.11. The average molecular weight is 216 g/mol. The minimum Gasteiger partial charge on any atom is -0.423 e. The Kier molecular flexibility index (Phi) is 2.81. The van der Waals surface area contributed by atoms with Crippen molar-refractivity contribution in [2.75, 3.05) is 0 Å². The molecule has 1 heterocycles. The summed E-state index contributed by atoms with van der Waals surface area (Å²) < 4.78 is 1.90. The number of rotatable bonds is 2. The molecule has 1 aromatic heterocycles. The van der Waals surface area contributed by atoms with Crippen molar-refractivity contribution in [2.45, 2.75) is 13.8 Å². The molecule has 0 aliphatic rings. The zero-order chi connectivity index (χ0) is 11.7. The molecule has 2 aromatic rings. The van der Waals surface area contributed by atoms with E-state index < -0.39 is 7.12 Å². The van der Waals surface area contributed by atoms with Crippen molar-refractivity contribution in [3.05, 3.63) is 42.0 Å². The quantitative estimate of drug-likeness (QED) is 0.703. The van der Waals surface area contributed by atoms with E-state index in [1.165, 1.54) is 0 Å². The van der Waals surface area contributed by atoms with E-state index in [4.69, 9.17) is 10.0 Å². The fourth-order valence-electron chi connectivity index (χ4n) is 1.67. The van der Waals surface area contributed by atoms with Crippen molar-refractivity contribution < 1.29 is 10.0 Å². The van der Waals surface area contributed by atoms with Gasteiger partial charge in [-0.1, -0.05) is 6.07 Å². The van der Waals surface area contributed by atoms with E-state index >= 15 is 0 Å². The molecule has 16 heavy (non-hydrogen) atoms. The first-order valence-corrected chi connectivity index (χ1v) is 5.05. The first-order valence-electron chi connectivity index (χ1n) is 5.05. The van der Waals surface area contributed by atoms with Crippen LogP contribution in [-0.4, -0.2) is 26.7 Å². The van der Waals surface area contributed by atoms with Gasteiger partial charge in [0.2, 0.25) is 0 Å². The van der Waals surface area contributed by atoms with Gasteiger partial charge in [0, 0.05) is 11.9 Å². The lowest BCUT2D eigenvalue weighted by Gasteiger charge is -2.08. The zero-order valence-corrected chi connectivity index (χ0v) is 9.25. The van der Waals surface area contributed by atoms with Gasteiger partial charge < -0.3 is 14.6 Å². The average Bonchev–Trinajstić information content (AvgIpc) is 2.64. The molecule has 0 amide bonds. The molecule has 0 saturated heterocycles. The summed E-state index contributed by atoms with van der Waals surface area (Å²) in [5, 5.41) is 18.2. The van der Waals surface area contributed by atoms with Crippen molar-refractivity contribution in [1.82, 2.24) is 9.55 Å². The number of hydrogen-bond acceptors (Lipinski definition) is 3. The van der Waals surface area contributed by atoms with E-state index in [-0.39, 0.29) is 0 Å². The lowest BCUT2D eigenvalue weighted by Crippen LogP contribution is -2.32. The van der Waals surface area contributed by atoms with E-state index in [1.54, 1.807) is 12.4 Å². The molecular weight excluding hydrogens is 203 g/mol. The van der Waals surface area contributed by atoms with Crippen LogP contribution in [0.5, 0.6) is 0 Å². The summed E-state index contributed by atoms with van der Waals surface area (Å²) in [6, 6.07) is 5.45. The van der Waals surface area contributed by atoms with E-state index in [2.05, 4.69) is 4.98 Å².